The van der Waals surface area contributed by atoms with Crippen LogP contribution < -0.4 is 0 Å². The van der Waals surface area contributed by atoms with E-state index in [2.05, 4.69) is 32.6 Å². The zero-order chi connectivity index (χ0) is 23.3. The Labute approximate surface area is 206 Å². The van der Waals surface area contributed by atoms with Gasteiger partial charge < -0.3 is 4.74 Å². The van der Waals surface area contributed by atoms with Crippen molar-refractivity contribution in [1.82, 2.24) is 4.90 Å². The lowest BCUT2D eigenvalue weighted by Crippen LogP contribution is -2.55. The fraction of sp³-hybridized carbons (Fsp3) is 0.828. The highest BCUT2D eigenvalue weighted by molar-refractivity contribution is 6.18. The summed E-state index contributed by atoms with van der Waals surface area (Å²) in [6.07, 6.45) is 11.5. The van der Waals surface area contributed by atoms with Crippen molar-refractivity contribution >= 4 is 17.4 Å². The average Bonchev–Trinajstić information content (AvgIpc) is 3.16. The van der Waals surface area contributed by atoms with Crippen LogP contribution in [0.2, 0.25) is 0 Å². The molecular weight excluding hydrogens is 430 g/mol. The third-order valence-electron chi connectivity index (χ3n) is 10.4. The van der Waals surface area contributed by atoms with Gasteiger partial charge in [-0.3, -0.25) is 9.69 Å². The predicted octanol–water partition coefficient (Wildman–Crippen LogP) is 6.41. The zero-order valence-electron chi connectivity index (χ0n) is 21.2. The number of alkyl halides is 1. The SMILES string of the molecule is C/C1=C2\C[C@H]3C(CCC4=CC(=O)CCC43C)[C@@H]2CC[C@H](C)[C@H]2[C@@H](CC(C)CN2CCCl)OC1. The van der Waals surface area contributed by atoms with Gasteiger partial charge in [-0.1, -0.05) is 31.9 Å². The molecule has 4 heteroatoms. The Bertz CT molecular complexity index is 833. The molecule has 184 valence electrons. The fourth-order valence-electron chi connectivity index (χ4n) is 8.68. The van der Waals surface area contributed by atoms with Gasteiger partial charge in [0.15, 0.2) is 5.78 Å². The minimum Gasteiger partial charge on any atom is -0.372 e. The molecule has 0 radical (unpaired) electrons. The van der Waals surface area contributed by atoms with Gasteiger partial charge in [0.1, 0.15) is 0 Å². The molecule has 3 nitrogen and oxygen atoms in total. The highest BCUT2D eigenvalue weighted by Crippen LogP contribution is 2.62. The first-order chi connectivity index (χ1) is 15.8. The molecule has 0 bridgehead atoms. The van der Waals surface area contributed by atoms with Crippen molar-refractivity contribution < 1.29 is 9.53 Å². The first kappa shape index (κ1) is 24.1. The van der Waals surface area contributed by atoms with E-state index in [0.717, 1.165) is 44.9 Å². The molecule has 5 aliphatic rings. The highest BCUT2D eigenvalue weighted by atomic mass is 35.5. The number of piperidine rings is 1. The number of hydrogen-bond donors (Lipinski definition) is 0. The Hall–Kier alpha value is -0.640. The summed E-state index contributed by atoms with van der Waals surface area (Å²) in [6.45, 7) is 12.6. The molecule has 3 unspecified atom stereocenters. The number of carbonyl (C=O) groups excluding carboxylic acids is 1. The molecular formula is C29H44ClNO2. The number of carbonyl (C=O) groups is 1. The van der Waals surface area contributed by atoms with Gasteiger partial charge in [-0.05, 0) is 98.5 Å². The van der Waals surface area contributed by atoms with Gasteiger partial charge in [0.05, 0.1) is 12.7 Å². The van der Waals surface area contributed by atoms with E-state index in [1.54, 1.807) is 5.57 Å². The lowest BCUT2D eigenvalue weighted by Gasteiger charge is -2.48. The molecule has 33 heavy (non-hydrogen) atoms. The van der Waals surface area contributed by atoms with Gasteiger partial charge in [0.2, 0.25) is 0 Å². The van der Waals surface area contributed by atoms with Crippen LogP contribution >= 0.6 is 11.6 Å². The molecule has 0 spiro atoms. The Morgan fingerprint density at radius 3 is 2.82 bits per heavy atom. The largest absolute Gasteiger partial charge is 0.372 e. The first-order valence-corrected chi connectivity index (χ1v) is 14.2. The maximum atomic E-state index is 12.2. The van der Waals surface area contributed by atoms with Crippen molar-refractivity contribution in [2.24, 2.45) is 35.0 Å². The van der Waals surface area contributed by atoms with E-state index in [9.17, 15) is 4.79 Å². The molecule has 5 rings (SSSR count). The van der Waals surface area contributed by atoms with E-state index < -0.39 is 0 Å². The average molecular weight is 474 g/mol. The smallest absolute Gasteiger partial charge is 0.155 e. The zero-order valence-corrected chi connectivity index (χ0v) is 22.0. The standard InChI is InChI=1S/C29H44ClNO2/c1-18-13-27-28(31(16-18)12-11-30)19(2)5-7-23-24-8-6-21-14-22(32)9-10-29(21,4)26(24)15-25(23)20(3)17-33-27/h14,18-19,23-24,26-28H,5-13,15-17H2,1-4H3/b25-20-/t18?,19-,23-,24?,26-,27+,28-,29?/m0/s1. The second kappa shape index (κ2) is 9.43. The van der Waals surface area contributed by atoms with Gasteiger partial charge >= 0.3 is 0 Å². The summed E-state index contributed by atoms with van der Waals surface area (Å²) in [5, 5.41) is 0. The van der Waals surface area contributed by atoms with Crippen molar-refractivity contribution in [3.05, 3.63) is 22.8 Å². The van der Waals surface area contributed by atoms with E-state index in [1.165, 1.54) is 43.3 Å². The number of allylic oxidation sites excluding steroid dienone is 3. The van der Waals surface area contributed by atoms with Crippen LogP contribution in [0, 0.1) is 35.0 Å². The van der Waals surface area contributed by atoms with Crippen LogP contribution in [0.3, 0.4) is 0 Å². The lowest BCUT2D eigenvalue weighted by atomic mass is 9.56. The minimum atomic E-state index is 0.227. The predicted molar refractivity (Wildman–Crippen MR) is 135 cm³/mol. The Balaban J connectivity index is 1.43. The van der Waals surface area contributed by atoms with Crippen LogP contribution in [0.1, 0.15) is 79.1 Å². The number of ether oxygens (including phenoxy) is 1. The number of rotatable bonds is 2. The first-order valence-electron chi connectivity index (χ1n) is 13.7. The van der Waals surface area contributed by atoms with Crippen LogP contribution in [-0.4, -0.2) is 48.4 Å². The molecule has 0 aromatic rings. The topological polar surface area (TPSA) is 29.5 Å². The van der Waals surface area contributed by atoms with Crippen molar-refractivity contribution in [2.45, 2.75) is 91.2 Å². The summed E-state index contributed by atoms with van der Waals surface area (Å²) < 4.78 is 6.76. The van der Waals surface area contributed by atoms with Crippen molar-refractivity contribution in [2.75, 3.05) is 25.6 Å². The van der Waals surface area contributed by atoms with Crippen LogP contribution in [0.5, 0.6) is 0 Å². The van der Waals surface area contributed by atoms with Gasteiger partial charge in [0, 0.05) is 31.4 Å². The van der Waals surface area contributed by atoms with Gasteiger partial charge in [-0.15, -0.1) is 11.6 Å². The fourth-order valence-corrected chi connectivity index (χ4v) is 8.90. The van der Waals surface area contributed by atoms with Crippen molar-refractivity contribution in [3.8, 4) is 0 Å². The maximum Gasteiger partial charge on any atom is 0.155 e. The summed E-state index contributed by atoms with van der Waals surface area (Å²) in [4.78, 5) is 14.8. The van der Waals surface area contributed by atoms with E-state index in [-0.39, 0.29) is 5.41 Å². The van der Waals surface area contributed by atoms with E-state index >= 15 is 0 Å². The number of halogens is 1. The number of likely N-dealkylation sites (tertiary alicyclic amines) is 1. The number of hydrogen-bond acceptors (Lipinski definition) is 3. The number of nitrogens with zero attached hydrogens (tertiary/aromatic N) is 1. The Morgan fingerprint density at radius 1 is 1.21 bits per heavy atom. The number of fused-ring (bicyclic) bond motifs is 6. The summed E-state index contributed by atoms with van der Waals surface area (Å²) in [5.74, 6) is 4.54. The molecule has 2 saturated carbocycles. The molecule has 0 aromatic carbocycles. The van der Waals surface area contributed by atoms with E-state index in [4.69, 9.17) is 16.3 Å². The minimum absolute atomic E-state index is 0.227. The molecule has 1 saturated heterocycles. The van der Waals surface area contributed by atoms with Crippen LogP contribution in [0.4, 0.5) is 0 Å². The van der Waals surface area contributed by atoms with Crippen LogP contribution in [0.25, 0.3) is 0 Å². The van der Waals surface area contributed by atoms with Crippen LogP contribution in [0.15, 0.2) is 22.8 Å². The summed E-state index contributed by atoms with van der Waals surface area (Å²) >= 11 is 6.23. The van der Waals surface area contributed by atoms with Crippen molar-refractivity contribution in [1.29, 1.82) is 0 Å². The van der Waals surface area contributed by atoms with Crippen molar-refractivity contribution in [3.63, 3.8) is 0 Å². The highest BCUT2D eigenvalue weighted by Gasteiger charge is 2.53. The van der Waals surface area contributed by atoms with E-state index in [1.807, 2.05) is 6.08 Å². The van der Waals surface area contributed by atoms with Crippen LogP contribution in [-0.2, 0) is 9.53 Å². The molecule has 3 aliphatic carbocycles. The second-order valence-corrected chi connectivity index (χ2v) is 12.8. The molecule has 0 N–H and O–H groups in total. The molecule has 3 fully saturated rings. The summed E-state index contributed by atoms with van der Waals surface area (Å²) in [6, 6.07) is 0.495. The maximum absolute atomic E-state index is 12.2. The van der Waals surface area contributed by atoms with Gasteiger partial charge in [-0.25, -0.2) is 0 Å². The van der Waals surface area contributed by atoms with E-state index in [0.29, 0.717) is 47.5 Å². The second-order valence-electron chi connectivity index (χ2n) is 12.4. The summed E-state index contributed by atoms with van der Waals surface area (Å²) in [7, 11) is 0. The van der Waals surface area contributed by atoms with Gasteiger partial charge in [0.25, 0.3) is 0 Å². The Morgan fingerprint density at radius 2 is 2.03 bits per heavy atom. The third-order valence-corrected chi connectivity index (χ3v) is 10.5. The normalized spacial score (nSPS) is 46.6. The summed E-state index contributed by atoms with van der Waals surface area (Å²) in [5.41, 5.74) is 4.91. The quantitative estimate of drug-likeness (QED) is 0.343. The Kier molecular flexibility index (Phi) is 6.88. The lowest BCUT2D eigenvalue weighted by molar-refractivity contribution is -0.116. The molecule has 8 atom stereocenters. The molecule has 2 aliphatic heterocycles. The molecule has 0 aromatic heterocycles. The number of ketones is 1. The monoisotopic (exact) mass is 473 g/mol. The molecule has 2 heterocycles. The molecule has 0 amide bonds. The third kappa shape index (κ3) is 4.29. The van der Waals surface area contributed by atoms with Gasteiger partial charge in [-0.2, -0.15) is 0 Å².